The highest BCUT2D eigenvalue weighted by molar-refractivity contribution is 9.09. The zero-order valence-electron chi connectivity index (χ0n) is 10.6. The Morgan fingerprint density at radius 1 is 1.39 bits per heavy atom. The summed E-state index contributed by atoms with van der Waals surface area (Å²) >= 11 is 3.65. The third-order valence-corrected chi connectivity index (χ3v) is 5.76. The molecule has 2 atom stereocenters. The van der Waals surface area contributed by atoms with Crippen LogP contribution in [0, 0.1) is 23.1 Å². The van der Waals surface area contributed by atoms with Crippen molar-refractivity contribution in [3.63, 3.8) is 0 Å². The maximum absolute atomic E-state index is 14.2. The molecule has 2 aliphatic rings. The number of fused-ring (bicyclic) bond motifs is 1. The summed E-state index contributed by atoms with van der Waals surface area (Å²) < 4.78 is 19.3. The highest BCUT2D eigenvalue weighted by Crippen LogP contribution is 2.61. The van der Waals surface area contributed by atoms with Crippen LogP contribution < -0.4 is 4.74 Å². The summed E-state index contributed by atoms with van der Waals surface area (Å²) in [4.78, 5) is 0. The third-order valence-electron chi connectivity index (χ3n) is 4.57. The van der Waals surface area contributed by atoms with Crippen molar-refractivity contribution < 1.29 is 9.13 Å². The molecule has 3 heteroatoms. The number of benzene rings is 1. The second kappa shape index (κ2) is 4.52. The average Bonchev–Trinajstić information content (AvgIpc) is 3.00. The molecule has 1 aromatic carbocycles. The largest absolute Gasteiger partial charge is 0.494 e. The lowest BCUT2D eigenvalue weighted by Crippen LogP contribution is -2.24. The van der Waals surface area contributed by atoms with Crippen LogP contribution in [0.1, 0.15) is 24.8 Å². The fourth-order valence-corrected chi connectivity index (χ4v) is 4.22. The van der Waals surface area contributed by atoms with Gasteiger partial charge in [0.15, 0.2) is 11.6 Å². The number of alkyl halides is 1. The van der Waals surface area contributed by atoms with E-state index in [1.807, 2.05) is 12.1 Å². The number of halogens is 2. The average molecular weight is 313 g/mol. The maximum Gasteiger partial charge on any atom is 0.168 e. The minimum Gasteiger partial charge on any atom is -0.494 e. The van der Waals surface area contributed by atoms with E-state index in [1.165, 1.54) is 26.4 Å². The minimum absolute atomic E-state index is 0.180. The summed E-state index contributed by atoms with van der Waals surface area (Å²) in [5, 5.41) is 0.976. The quantitative estimate of drug-likeness (QED) is 0.758. The summed E-state index contributed by atoms with van der Waals surface area (Å²) in [5.41, 5.74) is 1.07. The van der Waals surface area contributed by atoms with Gasteiger partial charge in [-0.25, -0.2) is 4.39 Å². The second-order valence-corrected chi connectivity index (χ2v) is 6.47. The molecule has 2 unspecified atom stereocenters. The number of ether oxygens (including phenoxy) is 1. The molecule has 98 valence electrons. The van der Waals surface area contributed by atoms with Gasteiger partial charge in [0, 0.05) is 5.33 Å². The first kappa shape index (κ1) is 12.5. The fraction of sp³-hybridized carbons (Fsp3) is 0.600. The van der Waals surface area contributed by atoms with E-state index in [0.717, 1.165) is 29.2 Å². The number of methoxy groups -OCH3 is 1. The lowest BCUT2D eigenvalue weighted by Gasteiger charge is -2.29. The molecule has 3 rings (SSSR count). The molecule has 1 nitrogen and oxygen atoms in total. The molecule has 0 bridgehead atoms. The van der Waals surface area contributed by atoms with Crippen LogP contribution in [-0.4, -0.2) is 12.4 Å². The number of hydrogen-bond acceptors (Lipinski definition) is 1. The van der Waals surface area contributed by atoms with E-state index >= 15 is 0 Å². The van der Waals surface area contributed by atoms with Crippen LogP contribution in [0.25, 0.3) is 0 Å². The first-order chi connectivity index (χ1) is 8.67. The predicted octanol–water partition coefficient (Wildman–Crippen LogP) is 4.19. The van der Waals surface area contributed by atoms with Crippen LogP contribution in [-0.2, 0) is 6.42 Å². The van der Waals surface area contributed by atoms with E-state index in [4.69, 9.17) is 4.74 Å². The molecular formula is C15H18BrFO. The van der Waals surface area contributed by atoms with Gasteiger partial charge in [-0.05, 0) is 54.6 Å². The normalized spacial score (nSPS) is 33.3. The van der Waals surface area contributed by atoms with Crippen molar-refractivity contribution in [2.24, 2.45) is 17.3 Å². The van der Waals surface area contributed by atoms with Crippen molar-refractivity contribution >= 4 is 15.9 Å². The van der Waals surface area contributed by atoms with Gasteiger partial charge in [0.25, 0.3) is 0 Å². The van der Waals surface area contributed by atoms with Gasteiger partial charge in [-0.2, -0.15) is 0 Å². The molecule has 0 aliphatic heterocycles. The van der Waals surface area contributed by atoms with Crippen molar-refractivity contribution in [2.45, 2.75) is 25.7 Å². The summed E-state index contributed by atoms with van der Waals surface area (Å²) in [6, 6.07) is 5.47. The van der Waals surface area contributed by atoms with Gasteiger partial charge in [0.2, 0.25) is 0 Å². The van der Waals surface area contributed by atoms with Crippen LogP contribution in [0.4, 0.5) is 4.39 Å². The summed E-state index contributed by atoms with van der Waals surface area (Å²) in [5.74, 6) is 2.01. The summed E-state index contributed by atoms with van der Waals surface area (Å²) in [7, 11) is 1.52. The summed E-state index contributed by atoms with van der Waals surface area (Å²) in [6.07, 6.45) is 4.72. The Labute approximate surface area is 116 Å². The van der Waals surface area contributed by atoms with Crippen LogP contribution >= 0.6 is 15.9 Å². The zero-order valence-corrected chi connectivity index (χ0v) is 12.2. The monoisotopic (exact) mass is 312 g/mol. The van der Waals surface area contributed by atoms with Gasteiger partial charge in [0.05, 0.1) is 7.11 Å². The predicted molar refractivity (Wildman–Crippen MR) is 73.7 cm³/mol. The van der Waals surface area contributed by atoms with Gasteiger partial charge in [-0.3, -0.25) is 0 Å². The first-order valence-corrected chi connectivity index (χ1v) is 7.67. The Hall–Kier alpha value is -0.570. The lowest BCUT2D eigenvalue weighted by molar-refractivity contribution is 0.301. The van der Waals surface area contributed by atoms with E-state index in [-0.39, 0.29) is 11.2 Å². The van der Waals surface area contributed by atoms with Crippen LogP contribution in [0.2, 0.25) is 0 Å². The number of rotatable bonds is 4. The molecule has 2 saturated carbocycles. The Morgan fingerprint density at radius 2 is 2.11 bits per heavy atom. The molecule has 0 heterocycles. The standard InChI is InChI=1S/C15H18BrFO/c1-18-13-4-2-3-10(14(13)17)6-15(9-16)7-11-5-12(11)8-15/h2-4,11-12H,5-9H2,1H3. The molecule has 18 heavy (non-hydrogen) atoms. The van der Waals surface area contributed by atoms with Crippen molar-refractivity contribution in [2.75, 3.05) is 12.4 Å². The molecule has 0 spiro atoms. The van der Waals surface area contributed by atoms with Crippen LogP contribution in [0.15, 0.2) is 18.2 Å². The molecule has 0 N–H and O–H groups in total. The minimum atomic E-state index is -0.180. The Kier molecular flexibility index (Phi) is 3.13. The maximum atomic E-state index is 14.2. The molecule has 0 saturated heterocycles. The van der Waals surface area contributed by atoms with Gasteiger partial charge in [-0.1, -0.05) is 28.1 Å². The van der Waals surface area contributed by atoms with Crippen LogP contribution in [0.5, 0.6) is 5.75 Å². The molecule has 0 aromatic heterocycles. The molecule has 0 amide bonds. The SMILES string of the molecule is COc1cccc(CC2(CBr)CC3CC3C2)c1F. The van der Waals surface area contributed by atoms with Gasteiger partial charge in [0.1, 0.15) is 0 Å². The van der Waals surface area contributed by atoms with Crippen molar-refractivity contribution in [1.82, 2.24) is 0 Å². The van der Waals surface area contributed by atoms with Gasteiger partial charge in [-0.15, -0.1) is 0 Å². The second-order valence-electron chi connectivity index (χ2n) is 5.91. The zero-order chi connectivity index (χ0) is 12.8. The third kappa shape index (κ3) is 2.07. The van der Waals surface area contributed by atoms with E-state index in [1.54, 1.807) is 6.07 Å². The summed E-state index contributed by atoms with van der Waals surface area (Å²) in [6.45, 7) is 0. The fourth-order valence-electron chi connectivity index (χ4n) is 3.56. The smallest absolute Gasteiger partial charge is 0.168 e. The van der Waals surface area contributed by atoms with E-state index in [2.05, 4.69) is 15.9 Å². The Morgan fingerprint density at radius 3 is 2.72 bits per heavy atom. The Bertz CT molecular complexity index is 450. The molecule has 1 aromatic rings. The van der Waals surface area contributed by atoms with Crippen molar-refractivity contribution in [3.8, 4) is 5.75 Å². The van der Waals surface area contributed by atoms with E-state index in [9.17, 15) is 4.39 Å². The van der Waals surface area contributed by atoms with Crippen molar-refractivity contribution in [3.05, 3.63) is 29.6 Å². The first-order valence-electron chi connectivity index (χ1n) is 6.55. The molecule has 2 aliphatic carbocycles. The van der Waals surface area contributed by atoms with E-state index < -0.39 is 0 Å². The molecular weight excluding hydrogens is 295 g/mol. The van der Waals surface area contributed by atoms with Gasteiger partial charge >= 0.3 is 0 Å². The lowest BCUT2D eigenvalue weighted by atomic mass is 9.79. The highest BCUT2D eigenvalue weighted by Gasteiger charge is 2.53. The molecule has 0 radical (unpaired) electrons. The molecule has 2 fully saturated rings. The Balaban J connectivity index is 1.83. The van der Waals surface area contributed by atoms with Gasteiger partial charge < -0.3 is 4.74 Å². The number of hydrogen-bond donors (Lipinski definition) is 0. The van der Waals surface area contributed by atoms with Crippen LogP contribution in [0.3, 0.4) is 0 Å². The van der Waals surface area contributed by atoms with E-state index in [0.29, 0.717) is 5.75 Å². The van der Waals surface area contributed by atoms with Crippen molar-refractivity contribution in [1.29, 1.82) is 0 Å². The highest BCUT2D eigenvalue weighted by atomic mass is 79.9. The topological polar surface area (TPSA) is 9.23 Å².